The lowest BCUT2D eigenvalue weighted by Crippen LogP contribution is -2.24. The first kappa shape index (κ1) is 28.3. The monoisotopic (exact) mass is 583 g/mol. The van der Waals surface area contributed by atoms with Gasteiger partial charge in [-0.1, -0.05) is 60.7 Å². The summed E-state index contributed by atoms with van der Waals surface area (Å²) < 4.78 is 37.4. The van der Waals surface area contributed by atoms with E-state index < -0.39 is 15.9 Å². The summed E-state index contributed by atoms with van der Waals surface area (Å²) in [4.78, 5) is 18.7. The van der Waals surface area contributed by atoms with Gasteiger partial charge in [0.05, 0.1) is 17.0 Å². The van der Waals surface area contributed by atoms with Gasteiger partial charge in [-0.25, -0.2) is 0 Å². The number of hydrogen-bond donors (Lipinski definition) is 0. The quantitative estimate of drug-likeness (QED) is 0.0786. The first-order valence-corrected chi connectivity index (χ1v) is 15.5. The standard InChI is InChI=1S/C32H27N2O5S2/c1-22-19-26(40(24-11-5-3-6-12-24)25-13-7-4-8-14-25)20-23(2)32(22)38-17-18-39-41(36,37)30-21-29(34-33)31(35)28-16-10-9-15-27(28)30/h3-16,19-21H,17-18H2,1-2H3/q+1. The highest BCUT2D eigenvalue weighted by Crippen LogP contribution is 2.35. The Kier molecular flexibility index (Phi) is 8.33. The predicted octanol–water partition coefficient (Wildman–Crippen LogP) is 6.03. The Morgan fingerprint density at radius 2 is 1.29 bits per heavy atom. The zero-order valence-corrected chi connectivity index (χ0v) is 24.1. The van der Waals surface area contributed by atoms with Crippen molar-refractivity contribution in [2.24, 2.45) is 0 Å². The van der Waals surface area contributed by atoms with E-state index in [0.717, 1.165) is 22.1 Å². The highest BCUT2D eigenvalue weighted by molar-refractivity contribution is 7.97. The molecule has 7 nitrogen and oxygen atoms in total. The van der Waals surface area contributed by atoms with Crippen molar-refractivity contribution in [3.63, 3.8) is 0 Å². The molecule has 0 amide bonds. The van der Waals surface area contributed by atoms with Gasteiger partial charge in [-0.3, -0.25) is 8.98 Å². The van der Waals surface area contributed by atoms with E-state index in [1.54, 1.807) is 12.1 Å². The van der Waals surface area contributed by atoms with Crippen molar-refractivity contribution in [3.05, 3.63) is 131 Å². The molecule has 0 radical (unpaired) electrons. The van der Waals surface area contributed by atoms with Crippen LogP contribution in [0.5, 0.6) is 5.75 Å². The lowest BCUT2D eigenvalue weighted by atomic mass is 9.95. The summed E-state index contributed by atoms with van der Waals surface area (Å²) in [6, 6.07) is 31.2. The van der Waals surface area contributed by atoms with Crippen molar-refractivity contribution < 1.29 is 26.9 Å². The normalized spacial score (nSPS) is 13.0. The lowest BCUT2D eigenvalue weighted by Gasteiger charge is -2.16. The Morgan fingerprint density at radius 1 is 0.756 bits per heavy atom. The molecule has 0 aromatic heterocycles. The number of ketones is 1. The first-order chi connectivity index (χ1) is 19.8. The van der Waals surface area contributed by atoms with Crippen LogP contribution in [0.25, 0.3) is 10.4 Å². The Hall–Kier alpha value is -4.27. The minimum absolute atomic E-state index is 0.0157. The van der Waals surface area contributed by atoms with Crippen LogP contribution in [0.1, 0.15) is 27.0 Å². The molecule has 1 aliphatic carbocycles. The number of Topliss-reactive ketones (excluding diaryl/α,β-unsaturated/α-hetero) is 1. The van der Waals surface area contributed by atoms with Gasteiger partial charge in [0.15, 0.2) is 14.7 Å². The van der Waals surface area contributed by atoms with E-state index in [2.05, 4.69) is 41.2 Å². The molecule has 0 heterocycles. The van der Waals surface area contributed by atoms with E-state index >= 15 is 0 Å². The molecule has 4 aromatic rings. The second-order valence-electron chi connectivity index (χ2n) is 9.31. The molecule has 5 rings (SSSR count). The molecule has 0 N–H and O–H groups in total. The van der Waals surface area contributed by atoms with Crippen molar-refractivity contribution >= 4 is 37.4 Å². The summed E-state index contributed by atoms with van der Waals surface area (Å²) >= 11 is 0. The molecular formula is C32H27N2O5S2+. The van der Waals surface area contributed by atoms with Crippen molar-refractivity contribution in [1.29, 1.82) is 0 Å². The van der Waals surface area contributed by atoms with Gasteiger partial charge >= 0.3 is 5.71 Å². The van der Waals surface area contributed by atoms with Gasteiger partial charge in [0, 0.05) is 23.3 Å². The maximum Gasteiger partial charge on any atom is 0.364 e. The number of carbonyl (C=O) groups is 1. The van der Waals surface area contributed by atoms with Gasteiger partial charge in [-0.05, 0) is 49.2 Å². The minimum atomic E-state index is -4.28. The van der Waals surface area contributed by atoms with E-state index in [1.807, 2.05) is 50.2 Å². The molecule has 1 aliphatic rings. The van der Waals surface area contributed by atoms with Crippen LogP contribution in [-0.2, 0) is 25.2 Å². The third kappa shape index (κ3) is 5.94. The van der Waals surface area contributed by atoms with Gasteiger partial charge in [0.1, 0.15) is 23.9 Å². The van der Waals surface area contributed by atoms with Gasteiger partial charge in [-0.2, -0.15) is 13.2 Å². The molecular weight excluding hydrogens is 556 g/mol. The zero-order chi connectivity index (χ0) is 29.0. The Balaban J connectivity index is 1.33. The number of allylic oxidation sites excluding steroid dienone is 1. The maximum absolute atomic E-state index is 13.1. The Bertz CT molecular complexity index is 1730. The molecule has 4 aromatic carbocycles. The van der Waals surface area contributed by atoms with Crippen LogP contribution in [0.15, 0.2) is 118 Å². The molecule has 0 saturated heterocycles. The highest BCUT2D eigenvalue weighted by Gasteiger charge is 2.36. The summed E-state index contributed by atoms with van der Waals surface area (Å²) in [5.41, 5.74) is 11.0. The number of aryl methyl sites for hydroxylation is 2. The van der Waals surface area contributed by atoms with Gasteiger partial charge in [0.2, 0.25) is 0 Å². The van der Waals surface area contributed by atoms with Crippen LogP contribution < -0.4 is 4.74 Å². The smallest absolute Gasteiger partial charge is 0.364 e. The summed E-state index contributed by atoms with van der Waals surface area (Å²) in [7, 11) is -4.59. The molecule has 0 bridgehead atoms. The summed E-state index contributed by atoms with van der Waals surface area (Å²) in [5, 5.41) is 0. The molecule has 0 fully saturated rings. The van der Waals surface area contributed by atoms with E-state index in [1.165, 1.54) is 21.9 Å². The number of benzene rings is 4. The minimum Gasteiger partial charge on any atom is -0.491 e. The fourth-order valence-electron chi connectivity index (χ4n) is 4.71. The number of hydrogen-bond acceptors (Lipinski definition) is 5. The maximum atomic E-state index is 13.1. The largest absolute Gasteiger partial charge is 0.491 e. The molecule has 0 atom stereocenters. The van der Waals surface area contributed by atoms with Gasteiger partial charge in [-0.15, -0.1) is 0 Å². The Labute approximate surface area is 242 Å². The van der Waals surface area contributed by atoms with Crippen LogP contribution in [0.3, 0.4) is 0 Å². The van der Waals surface area contributed by atoms with E-state index in [-0.39, 0.29) is 45.9 Å². The molecule has 0 saturated carbocycles. The van der Waals surface area contributed by atoms with E-state index in [9.17, 15) is 18.7 Å². The number of rotatable bonds is 9. The molecule has 0 unspecified atom stereocenters. The SMILES string of the molecule is Cc1cc([S+](c2ccccc2)c2ccccc2)cc(C)c1OCCOS(=O)(=O)C1=CC(=[N+]=[N-])C(=O)c2ccccc21. The third-order valence-electron chi connectivity index (χ3n) is 6.51. The van der Waals surface area contributed by atoms with Gasteiger partial charge < -0.3 is 10.3 Å². The van der Waals surface area contributed by atoms with Crippen LogP contribution in [0.2, 0.25) is 0 Å². The van der Waals surface area contributed by atoms with E-state index in [0.29, 0.717) is 5.75 Å². The average Bonchev–Trinajstić information content (AvgIpc) is 2.98. The molecule has 9 heteroatoms. The van der Waals surface area contributed by atoms with Crippen LogP contribution >= 0.6 is 0 Å². The fourth-order valence-corrected chi connectivity index (χ4v) is 8.09. The second kappa shape index (κ2) is 12.1. The zero-order valence-electron chi connectivity index (χ0n) is 22.5. The molecule has 0 aliphatic heterocycles. The molecule has 206 valence electrons. The number of ether oxygens (including phenoxy) is 1. The average molecular weight is 584 g/mol. The lowest BCUT2D eigenvalue weighted by molar-refractivity contribution is -0.00438. The molecule has 41 heavy (non-hydrogen) atoms. The predicted molar refractivity (Wildman–Crippen MR) is 159 cm³/mol. The van der Waals surface area contributed by atoms with Crippen molar-refractivity contribution in [3.8, 4) is 5.75 Å². The first-order valence-electron chi connectivity index (χ1n) is 12.9. The Morgan fingerprint density at radius 3 is 1.85 bits per heavy atom. The number of nitrogens with zero attached hydrogens (tertiary/aromatic N) is 2. The van der Waals surface area contributed by atoms with E-state index in [4.69, 9.17) is 8.92 Å². The number of carbonyl (C=O) groups excluding carboxylic acids is 1. The van der Waals surface area contributed by atoms with Crippen molar-refractivity contribution in [2.75, 3.05) is 13.2 Å². The number of fused-ring (bicyclic) bond motifs is 1. The topological polar surface area (TPSA) is 106 Å². The summed E-state index contributed by atoms with van der Waals surface area (Å²) in [5.74, 6) is 0.101. The van der Waals surface area contributed by atoms with Crippen molar-refractivity contribution in [2.45, 2.75) is 28.5 Å². The third-order valence-corrected chi connectivity index (χ3v) is 10.1. The van der Waals surface area contributed by atoms with Gasteiger partial charge in [0.25, 0.3) is 15.9 Å². The van der Waals surface area contributed by atoms with Crippen LogP contribution in [-0.4, -0.2) is 37.9 Å². The highest BCUT2D eigenvalue weighted by atomic mass is 32.2. The fraction of sp³-hybridized carbons (Fsp3) is 0.125. The molecule has 0 spiro atoms. The van der Waals surface area contributed by atoms with Crippen molar-refractivity contribution in [1.82, 2.24) is 0 Å². The van der Waals surface area contributed by atoms with Crippen LogP contribution in [0, 0.1) is 13.8 Å². The summed E-state index contributed by atoms with van der Waals surface area (Å²) in [6.45, 7) is 3.67. The summed E-state index contributed by atoms with van der Waals surface area (Å²) in [6.07, 6.45) is 1.02. The van der Waals surface area contributed by atoms with Crippen LogP contribution in [0.4, 0.5) is 0 Å². The second-order valence-corrected chi connectivity index (χ2v) is 12.9.